The highest BCUT2D eigenvalue weighted by atomic mass is 16.5. The Kier molecular flexibility index (Phi) is 5.56. The molecule has 0 aliphatic heterocycles. The maximum absolute atomic E-state index is 11.1. The number of nitrogens with one attached hydrogen (secondary N) is 1. The van der Waals surface area contributed by atoms with E-state index < -0.39 is 12.5 Å². The van der Waals surface area contributed by atoms with Gasteiger partial charge in [-0.3, -0.25) is 4.79 Å². The highest BCUT2D eigenvalue weighted by Crippen LogP contribution is 2.26. The Morgan fingerprint density at radius 2 is 2.30 bits per heavy atom. The number of benzene rings is 1. The van der Waals surface area contributed by atoms with Crippen LogP contribution in [0.1, 0.15) is 38.2 Å². The number of amides is 1. The van der Waals surface area contributed by atoms with Crippen LogP contribution in [0.4, 0.5) is 5.69 Å². The van der Waals surface area contributed by atoms with Crippen molar-refractivity contribution in [2.24, 2.45) is 5.92 Å². The highest BCUT2D eigenvalue weighted by Gasteiger charge is 2.19. The molecule has 2 rings (SSSR count). The van der Waals surface area contributed by atoms with E-state index >= 15 is 0 Å². The summed E-state index contributed by atoms with van der Waals surface area (Å²) in [5.74, 6) is 0.355. The zero-order valence-electron chi connectivity index (χ0n) is 12.0. The molecule has 0 heterocycles. The van der Waals surface area contributed by atoms with Gasteiger partial charge in [0.2, 0.25) is 5.91 Å². The lowest BCUT2D eigenvalue weighted by Crippen LogP contribution is -2.21. The standard InChI is InChI=1S/C16H23NO3/c1-12-4-2-7-15(8-12)20-11-13-5-3-6-14(9-13)17-16(19)10-18/h3,5-6,9,12,15,18H,2,4,7-8,10-11H2,1H3,(H,17,19)/t12-,15+/m1/s1. The molecule has 0 saturated heterocycles. The summed E-state index contributed by atoms with van der Waals surface area (Å²) < 4.78 is 5.96. The molecule has 2 N–H and O–H groups in total. The zero-order chi connectivity index (χ0) is 14.4. The highest BCUT2D eigenvalue weighted by molar-refractivity contribution is 5.91. The third-order valence-electron chi connectivity index (χ3n) is 3.73. The van der Waals surface area contributed by atoms with Crippen LogP contribution in [0.5, 0.6) is 0 Å². The maximum atomic E-state index is 11.1. The maximum Gasteiger partial charge on any atom is 0.250 e. The van der Waals surface area contributed by atoms with Crippen molar-refractivity contribution in [3.05, 3.63) is 29.8 Å². The predicted molar refractivity (Wildman–Crippen MR) is 78.4 cm³/mol. The minimum Gasteiger partial charge on any atom is -0.387 e. The molecule has 0 aromatic heterocycles. The van der Waals surface area contributed by atoms with Gasteiger partial charge in [-0.2, -0.15) is 0 Å². The molecule has 1 aliphatic rings. The first-order valence-electron chi connectivity index (χ1n) is 7.28. The molecule has 110 valence electrons. The van der Waals surface area contributed by atoms with Crippen LogP contribution in [0.15, 0.2) is 24.3 Å². The molecule has 0 bridgehead atoms. The van der Waals surface area contributed by atoms with Gasteiger partial charge in [0, 0.05) is 5.69 Å². The zero-order valence-corrected chi connectivity index (χ0v) is 12.0. The summed E-state index contributed by atoms with van der Waals surface area (Å²) in [7, 11) is 0. The quantitative estimate of drug-likeness (QED) is 0.870. The second kappa shape index (κ2) is 7.41. The van der Waals surface area contributed by atoms with E-state index in [9.17, 15) is 4.79 Å². The Hall–Kier alpha value is -1.39. The van der Waals surface area contributed by atoms with E-state index in [1.807, 2.05) is 18.2 Å². The number of anilines is 1. The molecule has 1 saturated carbocycles. The van der Waals surface area contributed by atoms with Crippen molar-refractivity contribution >= 4 is 11.6 Å². The molecule has 1 aromatic rings. The third kappa shape index (κ3) is 4.62. The number of carbonyl (C=O) groups is 1. The van der Waals surface area contributed by atoms with E-state index in [0.717, 1.165) is 24.3 Å². The summed E-state index contributed by atoms with van der Waals surface area (Å²) in [6.45, 7) is 2.35. The Morgan fingerprint density at radius 1 is 1.45 bits per heavy atom. The predicted octanol–water partition coefficient (Wildman–Crippen LogP) is 2.71. The van der Waals surface area contributed by atoms with Crippen molar-refractivity contribution in [2.45, 2.75) is 45.3 Å². The van der Waals surface area contributed by atoms with E-state index in [1.165, 1.54) is 12.8 Å². The van der Waals surface area contributed by atoms with Gasteiger partial charge in [-0.05, 0) is 36.5 Å². The first-order chi connectivity index (χ1) is 9.67. The number of ether oxygens (including phenoxy) is 1. The van der Waals surface area contributed by atoms with Crippen LogP contribution in [0.2, 0.25) is 0 Å². The molecule has 4 heteroatoms. The molecule has 1 aromatic carbocycles. The smallest absolute Gasteiger partial charge is 0.250 e. The van der Waals surface area contributed by atoms with Crippen LogP contribution in [0.25, 0.3) is 0 Å². The summed E-state index contributed by atoms with van der Waals surface area (Å²) in [6, 6.07) is 7.57. The van der Waals surface area contributed by atoms with Gasteiger partial charge < -0.3 is 15.2 Å². The molecule has 0 radical (unpaired) electrons. The third-order valence-corrected chi connectivity index (χ3v) is 3.73. The van der Waals surface area contributed by atoms with Crippen LogP contribution in [0, 0.1) is 5.92 Å². The Bertz CT molecular complexity index is 447. The van der Waals surface area contributed by atoms with Crippen molar-refractivity contribution in [1.29, 1.82) is 0 Å². The molecule has 2 atom stereocenters. The molecular formula is C16H23NO3. The minimum absolute atomic E-state index is 0.356. The number of aliphatic hydroxyl groups is 1. The van der Waals surface area contributed by atoms with Gasteiger partial charge >= 0.3 is 0 Å². The average molecular weight is 277 g/mol. The molecule has 4 nitrogen and oxygen atoms in total. The van der Waals surface area contributed by atoms with Gasteiger partial charge in [-0.25, -0.2) is 0 Å². The van der Waals surface area contributed by atoms with Crippen molar-refractivity contribution in [2.75, 3.05) is 11.9 Å². The lowest BCUT2D eigenvalue weighted by atomic mass is 9.89. The van der Waals surface area contributed by atoms with Crippen molar-refractivity contribution in [3.8, 4) is 0 Å². The van der Waals surface area contributed by atoms with Gasteiger partial charge in [0.25, 0.3) is 0 Å². The van der Waals surface area contributed by atoms with Crippen molar-refractivity contribution < 1.29 is 14.6 Å². The average Bonchev–Trinajstić information content (AvgIpc) is 2.45. The molecule has 0 unspecified atom stereocenters. The van der Waals surface area contributed by atoms with Crippen molar-refractivity contribution in [1.82, 2.24) is 0 Å². The lowest BCUT2D eigenvalue weighted by molar-refractivity contribution is -0.118. The fraction of sp³-hybridized carbons (Fsp3) is 0.562. The van der Waals surface area contributed by atoms with E-state index in [1.54, 1.807) is 6.07 Å². The van der Waals surface area contributed by atoms with Crippen LogP contribution in [-0.2, 0) is 16.1 Å². The Morgan fingerprint density at radius 3 is 3.05 bits per heavy atom. The summed E-state index contributed by atoms with van der Waals surface area (Å²) >= 11 is 0. The van der Waals surface area contributed by atoms with Gasteiger partial charge in [0.15, 0.2) is 0 Å². The number of hydrogen-bond donors (Lipinski definition) is 2. The fourth-order valence-electron chi connectivity index (χ4n) is 2.68. The molecule has 1 fully saturated rings. The minimum atomic E-state index is -0.499. The van der Waals surface area contributed by atoms with Crippen molar-refractivity contribution in [3.63, 3.8) is 0 Å². The number of rotatable bonds is 5. The second-order valence-electron chi connectivity index (χ2n) is 5.61. The van der Waals surface area contributed by atoms with Gasteiger partial charge in [0.1, 0.15) is 6.61 Å². The molecule has 1 aliphatic carbocycles. The Balaban J connectivity index is 1.86. The van der Waals surface area contributed by atoms with Gasteiger partial charge in [-0.1, -0.05) is 31.9 Å². The topological polar surface area (TPSA) is 58.6 Å². The summed E-state index contributed by atoms with van der Waals surface area (Å²) in [5, 5.41) is 11.4. The summed E-state index contributed by atoms with van der Waals surface area (Å²) in [5.41, 5.74) is 1.74. The Labute approximate surface area is 120 Å². The SMILES string of the molecule is C[C@@H]1CCC[C@H](OCc2cccc(NC(=O)CO)c2)C1. The number of hydrogen-bond acceptors (Lipinski definition) is 3. The van der Waals surface area contributed by atoms with E-state index in [-0.39, 0.29) is 0 Å². The lowest BCUT2D eigenvalue weighted by Gasteiger charge is -2.26. The van der Waals surface area contributed by atoms with E-state index in [4.69, 9.17) is 9.84 Å². The van der Waals surface area contributed by atoms with Crippen LogP contribution in [-0.4, -0.2) is 23.7 Å². The van der Waals surface area contributed by atoms with Gasteiger partial charge in [-0.15, -0.1) is 0 Å². The summed E-state index contributed by atoms with van der Waals surface area (Å²) in [4.78, 5) is 11.1. The van der Waals surface area contributed by atoms with E-state index in [2.05, 4.69) is 12.2 Å². The first-order valence-corrected chi connectivity index (χ1v) is 7.28. The molecule has 20 heavy (non-hydrogen) atoms. The molecule has 0 spiro atoms. The normalized spacial score (nSPS) is 22.5. The van der Waals surface area contributed by atoms with Crippen LogP contribution < -0.4 is 5.32 Å². The van der Waals surface area contributed by atoms with E-state index in [0.29, 0.717) is 18.4 Å². The summed E-state index contributed by atoms with van der Waals surface area (Å²) in [6.07, 6.45) is 5.20. The largest absolute Gasteiger partial charge is 0.387 e. The fourth-order valence-corrected chi connectivity index (χ4v) is 2.68. The van der Waals surface area contributed by atoms with Crippen LogP contribution >= 0.6 is 0 Å². The first kappa shape index (κ1) is 15.0. The monoisotopic (exact) mass is 277 g/mol. The number of aliphatic hydroxyl groups excluding tert-OH is 1. The van der Waals surface area contributed by atoms with Crippen LogP contribution in [0.3, 0.4) is 0 Å². The van der Waals surface area contributed by atoms with Gasteiger partial charge in [0.05, 0.1) is 12.7 Å². The molecule has 1 amide bonds. The second-order valence-corrected chi connectivity index (χ2v) is 5.61. The number of carbonyl (C=O) groups excluding carboxylic acids is 1. The molecular weight excluding hydrogens is 254 g/mol.